The Labute approximate surface area is 186 Å². The predicted molar refractivity (Wildman–Crippen MR) is 117 cm³/mol. The van der Waals surface area contributed by atoms with Crippen molar-refractivity contribution in [3.05, 3.63) is 59.2 Å². The molecule has 0 spiro atoms. The number of carbonyl (C=O) groups excluding carboxylic acids is 3. The van der Waals surface area contributed by atoms with Gasteiger partial charge in [-0.2, -0.15) is 0 Å². The first-order valence-corrected chi connectivity index (χ1v) is 10.7. The molecule has 0 aliphatic carbocycles. The average Bonchev–Trinajstić information content (AvgIpc) is 3.24. The van der Waals surface area contributed by atoms with Crippen LogP contribution in [0.5, 0.6) is 11.5 Å². The lowest BCUT2D eigenvalue weighted by molar-refractivity contribution is -0.134. The topological polar surface area (TPSA) is 97.0 Å². The van der Waals surface area contributed by atoms with Gasteiger partial charge in [0.05, 0.1) is 6.61 Å². The molecule has 0 bridgehead atoms. The summed E-state index contributed by atoms with van der Waals surface area (Å²) in [6.07, 6.45) is 0.914. The van der Waals surface area contributed by atoms with E-state index in [1.807, 2.05) is 32.0 Å². The van der Waals surface area contributed by atoms with Gasteiger partial charge in [0, 0.05) is 24.1 Å². The van der Waals surface area contributed by atoms with E-state index in [-0.39, 0.29) is 19.2 Å². The minimum absolute atomic E-state index is 0.0999. The first kappa shape index (κ1) is 21.7. The van der Waals surface area contributed by atoms with E-state index in [1.54, 1.807) is 31.2 Å². The van der Waals surface area contributed by atoms with Gasteiger partial charge in [-0.1, -0.05) is 30.3 Å². The Kier molecular flexibility index (Phi) is 5.78. The van der Waals surface area contributed by atoms with Crippen LogP contribution in [0.15, 0.2) is 42.5 Å². The Morgan fingerprint density at radius 2 is 2.03 bits per heavy atom. The molecular formula is C24H27N3O5. The third-order valence-corrected chi connectivity index (χ3v) is 5.78. The Morgan fingerprint density at radius 3 is 2.75 bits per heavy atom. The van der Waals surface area contributed by atoms with Crippen LogP contribution >= 0.6 is 0 Å². The largest absolute Gasteiger partial charge is 0.494 e. The Balaban J connectivity index is 1.43. The predicted octanol–water partition coefficient (Wildman–Crippen LogP) is 2.49. The smallest absolute Gasteiger partial charge is 0.325 e. The van der Waals surface area contributed by atoms with Crippen LogP contribution in [-0.4, -0.2) is 42.0 Å². The second kappa shape index (κ2) is 8.53. The van der Waals surface area contributed by atoms with Gasteiger partial charge < -0.3 is 20.1 Å². The van der Waals surface area contributed by atoms with Gasteiger partial charge in [0.1, 0.15) is 29.7 Å². The highest BCUT2D eigenvalue weighted by Gasteiger charge is 2.49. The van der Waals surface area contributed by atoms with Crippen molar-refractivity contribution in [2.75, 3.05) is 13.2 Å². The molecule has 168 valence electrons. The number of hydrogen-bond donors (Lipinski definition) is 2. The van der Waals surface area contributed by atoms with Gasteiger partial charge in [-0.05, 0) is 38.5 Å². The summed E-state index contributed by atoms with van der Waals surface area (Å²) in [5, 5.41) is 5.49. The molecule has 4 amide bonds. The second-order valence-electron chi connectivity index (χ2n) is 8.22. The number of nitrogens with zero attached hydrogens (tertiary/aromatic N) is 1. The lowest BCUT2D eigenvalue weighted by Crippen LogP contribution is -2.43. The molecule has 0 unspecified atom stereocenters. The van der Waals surface area contributed by atoms with E-state index < -0.39 is 23.4 Å². The van der Waals surface area contributed by atoms with Crippen molar-refractivity contribution in [3.8, 4) is 11.5 Å². The minimum atomic E-state index is -1.20. The molecule has 2 atom stereocenters. The van der Waals surface area contributed by atoms with Crippen LogP contribution in [0.2, 0.25) is 0 Å². The molecule has 8 heteroatoms. The van der Waals surface area contributed by atoms with Crippen LogP contribution in [-0.2, 0) is 28.1 Å². The highest BCUT2D eigenvalue weighted by Crippen LogP contribution is 2.35. The normalized spacial score (nSPS) is 21.7. The molecule has 2 aliphatic rings. The number of urea groups is 1. The van der Waals surface area contributed by atoms with Crippen molar-refractivity contribution >= 4 is 17.8 Å². The number of nitrogens with one attached hydrogen (secondary N) is 2. The molecule has 8 nitrogen and oxygen atoms in total. The molecule has 0 radical (unpaired) electrons. The van der Waals surface area contributed by atoms with Crippen LogP contribution < -0.4 is 20.1 Å². The van der Waals surface area contributed by atoms with E-state index in [9.17, 15) is 14.4 Å². The summed E-state index contributed by atoms with van der Waals surface area (Å²) in [5.41, 5.74) is 1.32. The molecule has 1 fully saturated rings. The molecular weight excluding hydrogens is 410 g/mol. The van der Waals surface area contributed by atoms with Crippen LogP contribution in [0, 0.1) is 0 Å². The monoisotopic (exact) mass is 437 g/mol. The van der Waals surface area contributed by atoms with Crippen LogP contribution in [0.1, 0.15) is 37.5 Å². The Morgan fingerprint density at radius 1 is 1.28 bits per heavy atom. The van der Waals surface area contributed by atoms with Gasteiger partial charge in [0.25, 0.3) is 5.91 Å². The van der Waals surface area contributed by atoms with E-state index in [0.29, 0.717) is 17.9 Å². The summed E-state index contributed by atoms with van der Waals surface area (Å²) in [4.78, 5) is 39.0. The van der Waals surface area contributed by atoms with Crippen molar-refractivity contribution in [3.63, 3.8) is 0 Å². The van der Waals surface area contributed by atoms with Gasteiger partial charge in [-0.3, -0.25) is 14.5 Å². The maximum Gasteiger partial charge on any atom is 0.325 e. The number of hydrogen-bond acceptors (Lipinski definition) is 5. The van der Waals surface area contributed by atoms with E-state index in [1.165, 1.54) is 0 Å². The molecule has 2 heterocycles. The van der Waals surface area contributed by atoms with Crippen LogP contribution in [0.25, 0.3) is 0 Å². The fourth-order valence-electron chi connectivity index (χ4n) is 4.11. The number of benzene rings is 2. The molecule has 1 saturated heterocycles. The third kappa shape index (κ3) is 4.00. The molecule has 2 aromatic rings. The zero-order valence-corrected chi connectivity index (χ0v) is 18.4. The molecule has 2 aliphatic heterocycles. The van der Waals surface area contributed by atoms with Gasteiger partial charge in [-0.25, -0.2) is 4.79 Å². The van der Waals surface area contributed by atoms with Crippen molar-refractivity contribution < 1.29 is 23.9 Å². The van der Waals surface area contributed by atoms with Gasteiger partial charge in [0.15, 0.2) is 0 Å². The number of fused-ring (bicyclic) bond motifs is 1. The molecule has 2 N–H and O–H groups in total. The van der Waals surface area contributed by atoms with Crippen LogP contribution in [0.3, 0.4) is 0 Å². The van der Waals surface area contributed by atoms with Gasteiger partial charge in [0.2, 0.25) is 5.91 Å². The molecule has 4 rings (SSSR count). The molecule has 0 saturated carbocycles. The van der Waals surface area contributed by atoms with Crippen molar-refractivity contribution in [1.82, 2.24) is 15.5 Å². The average molecular weight is 437 g/mol. The fourth-order valence-corrected chi connectivity index (χ4v) is 4.11. The molecule has 0 aromatic heterocycles. The SMILES string of the molecule is CCOc1cc2c(cc1CNC(=O)CN1C(=O)N[C@@](C)(c3ccccc3)C1=O)O[C@H](C)C2. The lowest BCUT2D eigenvalue weighted by Gasteiger charge is -2.22. The van der Waals surface area contributed by atoms with Crippen LogP contribution in [0.4, 0.5) is 4.79 Å². The molecule has 32 heavy (non-hydrogen) atoms. The van der Waals surface area contributed by atoms with Crippen molar-refractivity contribution in [1.29, 1.82) is 0 Å². The quantitative estimate of drug-likeness (QED) is 0.649. The van der Waals surface area contributed by atoms with E-state index in [2.05, 4.69) is 10.6 Å². The summed E-state index contributed by atoms with van der Waals surface area (Å²) in [7, 11) is 0. The Bertz CT molecular complexity index is 1060. The zero-order valence-electron chi connectivity index (χ0n) is 18.4. The second-order valence-corrected chi connectivity index (χ2v) is 8.22. The third-order valence-electron chi connectivity index (χ3n) is 5.78. The summed E-state index contributed by atoms with van der Waals surface area (Å²) in [6.45, 7) is 5.87. The van der Waals surface area contributed by atoms with E-state index >= 15 is 0 Å². The van der Waals surface area contributed by atoms with Gasteiger partial charge >= 0.3 is 6.03 Å². The highest BCUT2D eigenvalue weighted by atomic mass is 16.5. The summed E-state index contributed by atoms with van der Waals surface area (Å²) >= 11 is 0. The zero-order chi connectivity index (χ0) is 22.9. The van der Waals surface area contributed by atoms with E-state index in [4.69, 9.17) is 9.47 Å². The maximum atomic E-state index is 13.0. The summed E-state index contributed by atoms with van der Waals surface area (Å²) in [5.74, 6) is 0.579. The lowest BCUT2D eigenvalue weighted by atomic mass is 9.92. The number of amides is 4. The summed E-state index contributed by atoms with van der Waals surface area (Å²) < 4.78 is 11.6. The standard InChI is InChI=1S/C24H27N3O5/c1-4-31-19-11-16-10-15(2)32-20(16)12-17(19)13-25-21(28)14-27-22(29)24(3,26-23(27)30)18-8-6-5-7-9-18/h5-9,11-12,15H,4,10,13-14H2,1-3H3,(H,25,28)(H,26,30)/t15-,24+/m1/s1. The number of ether oxygens (including phenoxy) is 2. The van der Waals surface area contributed by atoms with Crippen molar-refractivity contribution in [2.45, 2.75) is 45.4 Å². The van der Waals surface area contributed by atoms with E-state index in [0.717, 1.165) is 28.2 Å². The fraction of sp³-hybridized carbons (Fsp3) is 0.375. The Hall–Kier alpha value is -3.55. The number of rotatable bonds is 7. The maximum absolute atomic E-state index is 13.0. The number of carbonyl (C=O) groups is 3. The first-order chi connectivity index (χ1) is 15.3. The van der Waals surface area contributed by atoms with Gasteiger partial charge in [-0.15, -0.1) is 0 Å². The first-order valence-electron chi connectivity index (χ1n) is 10.7. The van der Waals surface area contributed by atoms with Crippen molar-refractivity contribution in [2.24, 2.45) is 0 Å². The summed E-state index contributed by atoms with van der Waals surface area (Å²) in [6, 6.07) is 12.2. The highest BCUT2D eigenvalue weighted by molar-refractivity contribution is 6.09. The molecule has 2 aromatic carbocycles. The number of imide groups is 1. The minimum Gasteiger partial charge on any atom is -0.494 e.